The summed E-state index contributed by atoms with van der Waals surface area (Å²) in [5.41, 5.74) is 8.85. The number of hydrogen-bond acceptors (Lipinski definition) is 6. The van der Waals surface area contributed by atoms with Crippen molar-refractivity contribution in [1.29, 1.82) is 0 Å². The predicted molar refractivity (Wildman–Crippen MR) is 118 cm³/mol. The highest BCUT2D eigenvalue weighted by atomic mass is 16.2. The van der Waals surface area contributed by atoms with Gasteiger partial charge in [0.25, 0.3) is 11.5 Å². The number of carbonyl (C=O) groups is 1. The van der Waals surface area contributed by atoms with Gasteiger partial charge >= 0.3 is 0 Å². The fourth-order valence-corrected chi connectivity index (χ4v) is 3.97. The van der Waals surface area contributed by atoms with E-state index in [4.69, 9.17) is 4.98 Å². The number of rotatable bonds is 5. The van der Waals surface area contributed by atoms with E-state index in [1.807, 2.05) is 39.1 Å². The van der Waals surface area contributed by atoms with Crippen LogP contribution in [0.3, 0.4) is 0 Å². The first-order chi connectivity index (χ1) is 15.0. The van der Waals surface area contributed by atoms with Gasteiger partial charge in [0.1, 0.15) is 0 Å². The molecule has 0 bridgehead atoms. The van der Waals surface area contributed by atoms with E-state index in [9.17, 15) is 9.59 Å². The minimum absolute atomic E-state index is 0.157. The molecule has 0 atom stereocenters. The summed E-state index contributed by atoms with van der Waals surface area (Å²) >= 11 is 0. The second-order valence-electron chi connectivity index (χ2n) is 7.86. The molecule has 1 aromatic carbocycles. The van der Waals surface area contributed by atoms with E-state index >= 15 is 0 Å². The number of hydrazine groups is 1. The first-order valence-electron chi connectivity index (χ1n) is 10.4. The molecule has 1 aliphatic rings. The number of carbonyl (C=O) groups excluding carboxylic acids is 1. The fraction of sp³-hybridized carbons (Fsp3) is 0.318. The molecule has 5 rings (SSSR count). The maximum Gasteiger partial charge on any atom is 0.270 e. The average molecular weight is 417 g/mol. The number of para-hydroxylation sites is 1. The van der Waals surface area contributed by atoms with Crippen molar-refractivity contribution in [3.8, 4) is 0 Å². The number of aryl methyl sites for hydroxylation is 2. The summed E-state index contributed by atoms with van der Waals surface area (Å²) in [5.74, 6) is 0.358. The molecule has 31 heavy (non-hydrogen) atoms. The summed E-state index contributed by atoms with van der Waals surface area (Å²) in [6, 6.07) is 9.01. The average Bonchev–Trinajstić information content (AvgIpc) is 3.58. The number of benzene rings is 1. The molecule has 0 aliphatic heterocycles. The summed E-state index contributed by atoms with van der Waals surface area (Å²) < 4.78 is 3.20. The molecule has 9 heteroatoms. The standard InChI is InChI=1S/C22H23N7O2/c1-4-29-21(31)14-7-5-6-8-16(14)24-22(29)26-25-20(30)15-11-17(13-9-10-13)23-19-18(15)12(2)27-28(19)3/h5-8,11,13H,4,9-10H2,1-3H3,(H,24,26)(H,25,30). The fourth-order valence-electron chi connectivity index (χ4n) is 3.97. The van der Waals surface area contributed by atoms with Gasteiger partial charge in [-0.15, -0.1) is 0 Å². The zero-order valence-corrected chi connectivity index (χ0v) is 17.6. The lowest BCUT2D eigenvalue weighted by atomic mass is 10.1. The van der Waals surface area contributed by atoms with Gasteiger partial charge in [-0.25, -0.2) is 9.97 Å². The highest BCUT2D eigenvalue weighted by Crippen LogP contribution is 2.40. The molecule has 0 spiro atoms. The number of pyridine rings is 1. The SMILES string of the molecule is CCn1c(NNC(=O)c2cc(C3CC3)nc3c2c(C)nn3C)nc2ccccc2c1=O. The molecule has 0 radical (unpaired) electrons. The maximum absolute atomic E-state index is 13.2. The molecular weight excluding hydrogens is 394 g/mol. The van der Waals surface area contributed by atoms with E-state index < -0.39 is 0 Å². The first-order valence-corrected chi connectivity index (χ1v) is 10.4. The minimum atomic E-state index is -0.324. The molecule has 1 saturated carbocycles. The van der Waals surface area contributed by atoms with Crippen LogP contribution in [0.2, 0.25) is 0 Å². The lowest BCUT2D eigenvalue weighted by molar-refractivity contribution is 0.0963. The smallest absolute Gasteiger partial charge is 0.270 e. The van der Waals surface area contributed by atoms with Crippen LogP contribution in [0, 0.1) is 6.92 Å². The molecule has 158 valence electrons. The van der Waals surface area contributed by atoms with Crippen molar-refractivity contribution in [2.24, 2.45) is 7.05 Å². The van der Waals surface area contributed by atoms with Crippen LogP contribution in [0.5, 0.6) is 0 Å². The van der Waals surface area contributed by atoms with Crippen LogP contribution >= 0.6 is 0 Å². The summed E-state index contributed by atoms with van der Waals surface area (Å²) in [6.45, 7) is 4.14. The number of aromatic nitrogens is 5. The second-order valence-corrected chi connectivity index (χ2v) is 7.86. The second kappa shape index (κ2) is 7.19. The van der Waals surface area contributed by atoms with Gasteiger partial charge in [0.05, 0.1) is 27.5 Å². The molecule has 1 amide bonds. The molecule has 0 unspecified atom stereocenters. The third-order valence-corrected chi connectivity index (χ3v) is 5.69. The zero-order chi connectivity index (χ0) is 21.7. The minimum Gasteiger partial charge on any atom is -0.277 e. The third kappa shape index (κ3) is 3.22. The van der Waals surface area contributed by atoms with Crippen LogP contribution in [0.25, 0.3) is 21.9 Å². The van der Waals surface area contributed by atoms with Gasteiger partial charge in [0.15, 0.2) is 5.65 Å². The molecule has 1 aliphatic carbocycles. The summed E-state index contributed by atoms with van der Waals surface area (Å²) in [6.07, 6.45) is 2.16. The Morgan fingerprint density at radius 3 is 2.74 bits per heavy atom. The Balaban J connectivity index is 1.52. The molecule has 9 nitrogen and oxygen atoms in total. The lowest BCUT2D eigenvalue weighted by Gasteiger charge is -2.14. The normalized spacial score (nSPS) is 13.6. The molecule has 3 aromatic heterocycles. The Labute approximate surface area is 178 Å². The van der Waals surface area contributed by atoms with Crippen molar-refractivity contribution in [3.63, 3.8) is 0 Å². The number of nitrogens with zero attached hydrogens (tertiary/aromatic N) is 5. The maximum atomic E-state index is 13.2. The summed E-state index contributed by atoms with van der Waals surface area (Å²) in [5, 5.41) is 5.71. The number of anilines is 1. The van der Waals surface area contributed by atoms with Gasteiger partial charge in [-0.05, 0) is 44.9 Å². The van der Waals surface area contributed by atoms with Gasteiger partial charge < -0.3 is 0 Å². The quantitative estimate of drug-likeness (QED) is 0.484. The Hall–Kier alpha value is -3.75. The molecule has 1 fully saturated rings. The number of hydrogen-bond donors (Lipinski definition) is 2. The van der Waals surface area contributed by atoms with E-state index in [1.54, 1.807) is 16.8 Å². The Kier molecular flexibility index (Phi) is 4.46. The largest absolute Gasteiger partial charge is 0.277 e. The first kappa shape index (κ1) is 19.2. The van der Waals surface area contributed by atoms with Gasteiger partial charge in [0, 0.05) is 25.2 Å². The van der Waals surface area contributed by atoms with Crippen molar-refractivity contribution < 1.29 is 4.79 Å². The van der Waals surface area contributed by atoms with E-state index in [0.717, 1.165) is 29.6 Å². The van der Waals surface area contributed by atoms with Gasteiger partial charge in [-0.3, -0.25) is 29.7 Å². The topological polar surface area (TPSA) is 107 Å². The van der Waals surface area contributed by atoms with Crippen LogP contribution in [0.15, 0.2) is 35.1 Å². The van der Waals surface area contributed by atoms with Crippen molar-refractivity contribution >= 4 is 33.8 Å². The van der Waals surface area contributed by atoms with E-state index in [2.05, 4.69) is 20.9 Å². The van der Waals surface area contributed by atoms with E-state index in [1.165, 1.54) is 4.57 Å². The number of nitrogens with one attached hydrogen (secondary N) is 2. The molecule has 0 saturated heterocycles. The molecule has 2 N–H and O–H groups in total. The predicted octanol–water partition coefficient (Wildman–Crippen LogP) is 2.64. The van der Waals surface area contributed by atoms with E-state index in [0.29, 0.717) is 34.6 Å². The van der Waals surface area contributed by atoms with Crippen molar-refractivity contribution in [2.75, 3.05) is 5.43 Å². The van der Waals surface area contributed by atoms with Crippen LogP contribution < -0.4 is 16.4 Å². The van der Waals surface area contributed by atoms with Crippen LogP contribution in [0.4, 0.5) is 5.95 Å². The van der Waals surface area contributed by atoms with Gasteiger partial charge in [-0.1, -0.05) is 12.1 Å². The van der Waals surface area contributed by atoms with Crippen LogP contribution in [-0.2, 0) is 13.6 Å². The number of amides is 1. The van der Waals surface area contributed by atoms with Crippen molar-refractivity contribution in [2.45, 2.75) is 39.2 Å². The van der Waals surface area contributed by atoms with Crippen molar-refractivity contribution in [1.82, 2.24) is 29.7 Å². The van der Waals surface area contributed by atoms with Crippen molar-refractivity contribution in [3.05, 3.63) is 57.6 Å². The zero-order valence-electron chi connectivity index (χ0n) is 17.6. The highest BCUT2D eigenvalue weighted by Gasteiger charge is 2.28. The number of fused-ring (bicyclic) bond motifs is 2. The Bertz CT molecular complexity index is 1400. The van der Waals surface area contributed by atoms with Gasteiger partial charge in [0.2, 0.25) is 5.95 Å². The lowest BCUT2D eigenvalue weighted by Crippen LogP contribution is -2.34. The summed E-state index contributed by atoms with van der Waals surface area (Å²) in [4.78, 5) is 35.2. The highest BCUT2D eigenvalue weighted by molar-refractivity contribution is 6.07. The van der Waals surface area contributed by atoms with Crippen LogP contribution in [-0.4, -0.2) is 30.2 Å². The molecule has 3 heterocycles. The van der Waals surface area contributed by atoms with Gasteiger partial charge in [-0.2, -0.15) is 5.10 Å². The monoisotopic (exact) mass is 417 g/mol. The Morgan fingerprint density at radius 2 is 2.00 bits per heavy atom. The van der Waals surface area contributed by atoms with E-state index in [-0.39, 0.29) is 17.4 Å². The van der Waals surface area contributed by atoms with Crippen LogP contribution in [0.1, 0.15) is 47.4 Å². The summed E-state index contributed by atoms with van der Waals surface area (Å²) in [7, 11) is 1.83. The Morgan fingerprint density at radius 1 is 1.23 bits per heavy atom. The molecule has 4 aromatic rings. The molecular formula is C22H23N7O2. The third-order valence-electron chi connectivity index (χ3n) is 5.69.